The van der Waals surface area contributed by atoms with Gasteiger partial charge in [0.25, 0.3) is 11.0 Å². The van der Waals surface area contributed by atoms with E-state index in [0.29, 0.717) is 22.0 Å². The van der Waals surface area contributed by atoms with Crippen LogP contribution in [0, 0.1) is 13.8 Å². The lowest BCUT2D eigenvalue weighted by Crippen LogP contribution is -1.99. The number of hydrogen-bond acceptors (Lipinski definition) is 7. The van der Waals surface area contributed by atoms with Gasteiger partial charge >= 0.3 is 0 Å². The lowest BCUT2D eigenvalue weighted by molar-refractivity contribution is 0.429. The molecule has 0 unspecified atom stereocenters. The highest BCUT2D eigenvalue weighted by atomic mass is 35.5. The molecule has 18 heavy (non-hydrogen) atoms. The summed E-state index contributed by atoms with van der Waals surface area (Å²) in [7, 11) is 0. The van der Waals surface area contributed by atoms with Gasteiger partial charge in [-0.1, -0.05) is 11.6 Å². The van der Waals surface area contributed by atoms with Gasteiger partial charge in [-0.25, -0.2) is 0 Å². The van der Waals surface area contributed by atoms with Crippen LogP contribution in [0.5, 0.6) is 0 Å². The molecule has 0 spiro atoms. The summed E-state index contributed by atoms with van der Waals surface area (Å²) in [5, 5.41) is 13.4. The average molecular weight is 283 g/mol. The van der Waals surface area contributed by atoms with Crippen LogP contribution in [-0.4, -0.2) is 29.8 Å². The van der Waals surface area contributed by atoms with Crippen molar-refractivity contribution in [1.29, 1.82) is 0 Å². The van der Waals surface area contributed by atoms with Crippen molar-refractivity contribution < 1.29 is 4.42 Å². The lowest BCUT2D eigenvalue weighted by Gasteiger charge is -2.05. The van der Waals surface area contributed by atoms with E-state index in [1.807, 2.05) is 6.92 Å². The van der Waals surface area contributed by atoms with Crippen LogP contribution in [0.15, 0.2) is 21.0 Å². The second-order valence-corrected chi connectivity index (χ2v) is 4.79. The van der Waals surface area contributed by atoms with Crippen LogP contribution in [0.3, 0.4) is 0 Å². The van der Waals surface area contributed by atoms with Crippen molar-refractivity contribution in [2.24, 2.45) is 0 Å². The molecule has 0 radical (unpaired) electrons. The van der Waals surface area contributed by atoms with Crippen molar-refractivity contribution in [3.63, 3.8) is 0 Å². The minimum absolute atomic E-state index is 0.384. The molecule has 3 heterocycles. The first-order valence-corrected chi connectivity index (χ1v) is 6.18. The number of aryl methyl sites for hydroxylation is 1. The van der Waals surface area contributed by atoms with Gasteiger partial charge < -0.3 is 4.42 Å². The fourth-order valence-corrected chi connectivity index (χ4v) is 2.49. The average Bonchev–Trinajstić information content (AvgIpc) is 2.93. The first kappa shape index (κ1) is 11.4. The monoisotopic (exact) mass is 282 g/mol. The third-order valence-electron chi connectivity index (χ3n) is 2.24. The van der Waals surface area contributed by atoms with E-state index in [1.165, 1.54) is 18.1 Å². The Morgan fingerprint density at radius 1 is 1.33 bits per heavy atom. The van der Waals surface area contributed by atoms with Gasteiger partial charge in [0, 0.05) is 12.5 Å². The molecule has 3 aromatic heterocycles. The Hall–Kier alpha value is -1.67. The number of halogens is 1. The van der Waals surface area contributed by atoms with Crippen LogP contribution >= 0.6 is 23.4 Å². The quantitative estimate of drug-likeness (QED) is 0.664. The molecule has 7 nitrogen and oxygen atoms in total. The van der Waals surface area contributed by atoms with Gasteiger partial charge in [0.2, 0.25) is 5.89 Å². The molecule has 0 aliphatic rings. The standard InChI is InChI=1S/C9H7ClN6OS/c1-4-6(10)13-8-11-3-12-16(8)7(4)18-9-15-14-5(2)17-9/h3H,1-2H3. The van der Waals surface area contributed by atoms with Crippen LogP contribution in [0.2, 0.25) is 5.15 Å². The van der Waals surface area contributed by atoms with Crippen LogP contribution < -0.4 is 0 Å². The molecule has 0 N–H and O–H groups in total. The maximum absolute atomic E-state index is 6.05. The third-order valence-corrected chi connectivity index (χ3v) is 3.62. The number of hydrogen-bond donors (Lipinski definition) is 0. The summed E-state index contributed by atoms with van der Waals surface area (Å²) in [6.45, 7) is 3.58. The van der Waals surface area contributed by atoms with Crippen LogP contribution in [0.25, 0.3) is 5.78 Å². The summed E-state index contributed by atoms with van der Waals surface area (Å²) in [4.78, 5) is 8.12. The van der Waals surface area contributed by atoms with Crippen molar-refractivity contribution in [2.75, 3.05) is 0 Å². The maximum atomic E-state index is 6.05. The largest absolute Gasteiger partial charge is 0.416 e. The molecule has 92 valence electrons. The van der Waals surface area contributed by atoms with E-state index in [9.17, 15) is 0 Å². The smallest absolute Gasteiger partial charge is 0.282 e. The number of nitrogens with zero attached hydrogens (tertiary/aromatic N) is 6. The molecule has 0 amide bonds. The predicted molar refractivity (Wildman–Crippen MR) is 63.7 cm³/mol. The molecule has 0 atom stereocenters. The van der Waals surface area contributed by atoms with Crippen LogP contribution in [0.4, 0.5) is 0 Å². The second kappa shape index (κ2) is 4.21. The first-order valence-electron chi connectivity index (χ1n) is 4.99. The van der Waals surface area contributed by atoms with Crippen molar-refractivity contribution >= 4 is 29.1 Å². The van der Waals surface area contributed by atoms with E-state index < -0.39 is 0 Å². The Balaban J connectivity index is 2.15. The lowest BCUT2D eigenvalue weighted by atomic mass is 10.4. The van der Waals surface area contributed by atoms with Gasteiger partial charge in [-0.15, -0.1) is 10.2 Å². The van der Waals surface area contributed by atoms with Gasteiger partial charge in [-0.3, -0.25) is 0 Å². The molecule has 0 aromatic carbocycles. The van der Waals surface area contributed by atoms with Gasteiger partial charge in [-0.05, 0) is 18.7 Å². The van der Waals surface area contributed by atoms with Crippen LogP contribution in [0.1, 0.15) is 11.5 Å². The summed E-state index contributed by atoms with van der Waals surface area (Å²) in [6, 6.07) is 0. The summed E-state index contributed by atoms with van der Waals surface area (Å²) >= 11 is 7.33. The molecule has 0 bridgehead atoms. The summed E-state index contributed by atoms with van der Waals surface area (Å²) in [5.41, 5.74) is 0.788. The fraction of sp³-hybridized carbons (Fsp3) is 0.222. The normalized spacial score (nSPS) is 11.3. The Kier molecular flexibility index (Phi) is 2.67. The molecule has 0 fully saturated rings. The topological polar surface area (TPSA) is 82.0 Å². The Morgan fingerprint density at radius 2 is 2.17 bits per heavy atom. The number of fused-ring (bicyclic) bond motifs is 1. The molecular formula is C9H7ClN6OS. The minimum Gasteiger partial charge on any atom is -0.416 e. The Bertz CT molecular complexity index is 723. The molecule has 0 saturated carbocycles. The predicted octanol–water partition coefficient (Wildman–Crippen LogP) is 1.93. The summed E-state index contributed by atoms with van der Waals surface area (Å²) in [6.07, 6.45) is 1.42. The van der Waals surface area contributed by atoms with Crippen molar-refractivity contribution in [1.82, 2.24) is 29.8 Å². The van der Waals surface area contributed by atoms with E-state index in [-0.39, 0.29) is 0 Å². The van der Waals surface area contributed by atoms with Crippen molar-refractivity contribution in [3.8, 4) is 0 Å². The van der Waals surface area contributed by atoms with Gasteiger partial charge in [-0.2, -0.15) is 19.6 Å². The van der Waals surface area contributed by atoms with E-state index in [0.717, 1.165) is 10.6 Å². The zero-order chi connectivity index (χ0) is 12.7. The number of rotatable bonds is 2. The van der Waals surface area contributed by atoms with Crippen molar-refractivity contribution in [2.45, 2.75) is 24.1 Å². The van der Waals surface area contributed by atoms with E-state index >= 15 is 0 Å². The van der Waals surface area contributed by atoms with E-state index in [2.05, 4.69) is 25.3 Å². The molecule has 9 heteroatoms. The first-order chi connectivity index (χ1) is 8.65. The Labute approximate surface area is 111 Å². The van der Waals surface area contributed by atoms with Gasteiger partial charge in [0.15, 0.2) is 0 Å². The van der Waals surface area contributed by atoms with E-state index in [1.54, 1.807) is 11.4 Å². The fourth-order valence-electron chi connectivity index (χ4n) is 1.40. The highest BCUT2D eigenvalue weighted by Gasteiger charge is 2.16. The zero-order valence-corrected chi connectivity index (χ0v) is 11.0. The molecule has 0 aliphatic heterocycles. The molecule has 0 saturated heterocycles. The van der Waals surface area contributed by atoms with Crippen LogP contribution in [-0.2, 0) is 0 Å². The van der Waals surface area contributed by atoms with Crippen molar-refractivity contribution in [3.05, 3.63) is 22.9 Å². The SMILES string of the molecule is Cc1nnc(Sc2c(C)c(Cl)nc3ncnn23)o1. The molecule has 0 aliphatic carbocycles. The summed E-state index contributed by atoms with van der Waals surface area (Å²) < 4.78 is 6.91. The zero-order valence-electron chi connectivity index (χ0n) is 9.46. The highest BCUT2D eigenvalue weighted by molar-refractivity contribution is 7.99. The molecular weight excluding hydrogens is 276 g/mol. The highest BCUT2D eigenvalue weighted by Crippen LogP contribution is 2.31. The molecule has 3 aromatic rings. The second-order valence-electron chi connectivity index (χ2n) is 3.49. The molecule has 3 rings (SSSR count). The third kappa shape index (κ3) is 1.83. The number of aromatic nitrogens is 6. The van der Waals surface area contributed by atoms with Gasteiger partial charge in [0.1, 0.15) is 16.5 Å². The minimum atomic E-state index is 0.384. The maximum Gasteiger partial charge on any atom is 0.282 e. The Morgan fingerprint density at radius 3 is 2.89 bits per heavy atom. The van der Waals surface area contributed by atoms with E-state index in [4.69, 9.17) is 16.0 Å². The van der Waals surface area contributed by atoms with Gasteiger partial charge in [0.05, 0.1) is 0 Å². The summed E-state index contributed by atoms with van der Waals surface area (Å²) in [5.74, 6) is 0.939.